The molecular weight excluding hydrogens is 382 g/mol. The molecule has 29 heavy (non-hydrogen) atoms. The van der Waals surface area contributed by atoms with Gasteiger partial charge in [0, 0.05) is 29.8 Å². The second kappa shape index (κ2) is 9.12. The minimum Gasteiger partial charge on any atom is -0.483 e. The van der Waals surface area contributed by atoms with Crippen molar-refractivity contribution >= 4 is 22.4 Å². The summed E-state index contributed by atoms with van der Waals surface area (Å²) in [5.74, 6) is 0.466. The molecule has 1 amide bonds. The van der Waals surface area contributed by atoms with Crippen LogP contribution in [0.25, 0.3) is 11.3 Å². The van der Waals surface area contributed by atoms with Gasteiger partial charge in [0.2, 0.25) is 0 Å². The van der Waals surface area contributed by atoms with Crippen molar-refractivity contribution in [3.8, 4) is 17.0 Å². The van der Waals surface area contributed by atoms with Crippen LogP contribution < -0.4 is 10.1 Å². The highest BCUT2D eigenvalue weighted by atomic mass is 32.1. The summed E-state index contributed by atoms with van der Waals surface area (Å²) in [6.45, 7) is -0.0758. The Hall–Kier alpha value is -3.51. The molecule has 2 heterocycles. The van der Waals surface area contributed by atoms with Crippen molar-refractivity contribution in [2.24, 2.45) is 0 Å². The molecule has 4 rings (SSSR count). The fraction of sp³-hybridized carbons (Fsp3) is 0.0870. The van der Waals surface area contributed by atoms with Crippen LogP contribution in [0, 0.1) is 0 Å². The number of nitrogens with zero attached hydrogens (tertiary/aromatic N) is 2. The van der Waals surface area contributed by atoms with Gasteiger partial charge >= 0.3 is 0 Å². The fourth-order valence-electron chi connectivity index (χ4n) is 2.88. The Balaban J connectivity index is 1.36. The maximum absolute atomic E-state index is 12.3. The molecule has 0 aliphatic carbocycles. The van der Waals surface area contributed by atoms with E-state index in [4.69, 9.17) is 4.74 Å². The number of benzene rings is 2. The molecule has 6 heteroatoms. The monoisotopic (exact) mass is 401 g/mol. The molecule has 0 saturated heterocycles. The van der Waals surface area contributed by atoms with Crippen molar-refractivity contribution in [3.63, 3.8) is 0 Å². The number of rotatable bonds is 7. The van der Waals surface area contributed by atoms with Gasteiger partial charge in [-0.25, -0.2) is 4.98 Å². The summed E-state index contributed by atoms with van der Waals surface area (Å²) in [6.07, 6.45) is 4.21. The lowest BCUT2D eigenvalue weighted by molar-refractivity contribution is -0.118. The molecule has 0 saturated carbocycles. The van der Waals surface area contributed by atoms with E-state index in [-0.39, 0.29) is 12.5 Å². The first-order chi connectivity index (χ1) is 14.3. The average molecular weight is 401 g/mol. The Labute approximate surface area is 173 Å². The molecule has 2 aromatic heterocycles. The third-order valence-electron chi connectivity index (χ3n) is 4.28. The molecule has 2 aromatic carbocycles. The van der Waals surface area contributed by atoms with Gasteiger partial charge in [0.1, 0.15) is 5.75 Å². The van der Waals surface area contributed by atoms with Crippen LogP contribution in [0.2, 0.25) is 0 Å². The second-order valence-corrected chi connectivity index (χ2v) is 7.24. The minimum atomic E-state index is -0.244. The number of thiazole rings is 1. The minimum absolute atomic E-state index is 0.0758. The molecule has 0 spiro atoms. The van der Waals surface area contributed by atoms with E-state index in [9.17, 15) is 4.79 Å². The molecule has 4 aromatic rings. The van der Waals surface area contributed by atoms with Gasteiger partial charge in [-0.15, -0.1) is 11.3 Å². The van der Waals surface area contributed by atoms with Crippen molar-refractivity contribution in [1.29, 1.82) is 0 Å². The van der Waals surface area contributed by atoms with Crippen LogP contribution in [0.1, 0.15) is 11.1 Å². The van der Waals surface area contributed by atoms with E-state index in [1.807, 2.05) is 60.0 Å². The predicted molar refractivity (Wildman–Crippen MR) is 115 cm³/mol. The van der Waals surface area contributed by atoms with Crippen molar-refractivity contribution < 1.29 is 9.53 Å². The van der Waals surface area contributed by atoms with Gasteiger partial charge in [-0.3, -0.25) is 15.1 Å². The van der Waals surface area contributed by atoms with Crippen LogP contribution in [0.5, 0.6) is 5.75 Å². The number of hydrogen-bond acceptors (Lipinski definition) is 5. The van der Waals surface area contributed by atoms with E-state index < -0.39 is 0 Å². The molecule has 0 bridgehead atoms. The fourth-order valence-corrected chi connectivity index (χ4v) is 3.62. The number of carbonyl (C=O) groups is 1. The number of amides is 1. The maximum atomic E-state index is 12.3. The highest BCUT2D eigenvalue weighted by molar-refractivity contribution is 7.14. The highest BCUT2D eigenvalue weighted by Gasteiger charge is 2.10. The topological polar surface area (TPSA) is 64.1 Å². The smallest absolute Gasteiger partial charge is 0.264 e. The third kappa shape index (κ3) is 5.06. The van der Waals surface area contributed by atoms with E-state index in [1.54, 1.807) is 12.4 Å². The zero-order chi connectivity index (χ0) is 19.9. The highest BCUT2D eigenvalue weighted by Crippen LogP contribution is 2.24. The molecule has 0 fully saturated rings. The van der Waals surface area contributed by atoms with Gasteiger partial charge in [-0.05, 0) is 29.3 Å². The summed E-state index contributed by atoms with van der Waals surface area (Å²) in [6, 6.07) is 21.7. The molecule has 0 atom stereocenters. The Bertz CT molecular complexity index is 1080. The first-order valence-corrected chi connectivity index (χ1v) is 10.1. The number of hydrogen-bond donors (Lipinski definition) is 1. The predicted octanol–water partition coefficient (Wildman–Crippen LogP) is 4.81. The summed E-state index contributed by atoms with van der Waals surface area (Å²) in [5.41, 5.74) is 3.93. The van der Waals surface area contributed by atoms with Crippen molar-refractivity contribution in [3.05, 3.63) is 95.6 Å². The number of carbonyl (C=O) groups excluding carboxylic acids is 1. The molecular formula is C23H19N3O2S. The Kier molecular flexibility index (Phi) is 5.92. The maximum Gasteiger partial charge on any atom is 0.264 e. The van der Waals surface area contributed by atoms with E-state index in [0.717, 1.165) is 23.2 Å². The average Bonchev–Trinajstić information content (AvgIpc) is 3.23. The second-order valence-electron chi connectivity index (χ2n) is 6.39. The first kappa shape index (κ1) is 18.8. The third-order valence-corrected chi connectivity index (χ3v) is 5.03. The number of para-hydroxylation sites is 1. The molecule has 5 nitrogen and oxygen atoms in total. The zero-order valence-electron chi connectivity index (χ0n) is 15.6. The number of pyridine rings is 1. The van der Waals surface area contributed by atoms with Crippen LogP contribution in [0.4, 0.5) is 5.13 Å². The summed E-state index contributed by atoms with van der Waals surface area (Å²) >= 11 is 1.37. The standard InChI is InChI=1S/C23H19N3O2S/c27-22(26-23-25-20(16-29-23)19-10-6-12-24-14-19)15-28-21-11-5-4-9-18(21)13-17-7-2-1-3-8-17/h1-12,14,16H,13,15H2,(H,25,26,27). The first-order valence-electron chi connectivity index (χ1n) is 9.18. The molecule has 0 unspecified atom stereocenters. The van der Waals surface area contributed by atoms with Crippen LogP contribution in [-0.4, -0.2) is 22.5 Å². The van der Waals surface area contributed by atoms with Gasteiger partial charge in [-0.1, -0.05) is 48.5 Å². The zero-order valence-corrected chi connectivity index (χ0v) is 16.4. The van der Waals surface area contributed by atoms with Crippen LogP contribution in [0.15, 0.2) is 84.5 Å². The van der Waals surface area contributed by atoms with Crippen molar-refractivity contribution in [2.75, 3.05) is 11.9 Å². The van der Waals surface area contributed by atoms with Crippen LogP contribution in [-0.2, 0) is 11.2 Å². The molecule has 0 aliphatic rings. The molecule has 0 radical (unpaired) electrons. The van der Waals surface area contributed by atoms with Gasteiger partial charge in [0.25, 0.3) is 5.91 Å². The number of nitrogens with one attached hydrogen (secondary N) is 1. The summed E-state index contributed by atoms with van der Waals surface area (Å²) in [4.78, 5) is 20.8. The van der Waals surface area contributed by atoms with Gasteiger partial charge < -0.3 is 4.74 Å². The molecule has 0 aliphatic heterocycles. The van der Waals surface area contributed by atoms with Crippen LogP contribution in [0.3, 0.4) is 0 Å². The van der Waals surface area contributed by atoms with E-state index in [1.165, 1.54) is 16.9 Å². The largest absolute Gasteiger partial charge is 0.483 e. The van der Waals surface area contributed by atoms with E-state index in [0.29, 0.717) is 10.9 Å². The lowest BCUT2D eigenvalue weighted by Crippen LogP contribution is -2.20. The summed E-state index contributed by atoms with van der Waals surface area (Å²) < 4.78 is 5.79. The van der Waals surface area contributed by atoms with Gasteiger partial charge in [0.15, 0.2) is 11.7 Å². The van der Waals surface area contributed by atoms with Crippen molar-refractivity contribution in [2.45, 2.75) is 6.42 Å². The number of anilines is 1. The van der Waals surface area contributed by atoms with Gasteiger partial charge in [-0.2, -0.15) is 0 Å². The van der Waals surface area contributed by atoms with E-state index in [2.05, 4.69) is 27.4 Å². The Morgan fingerprint density at radius 2 is 1.83 bits per heavy atom. The van der Waals surface area contributed by atoms with Gasteiger partial charge in [0.05, 0.1) is 5.69 Å². The molecule has 1 N–H and O–H groups in total. The van der Waals surface area contributed by atoms with Crippen molar-refractivity contribution in [1.82, 2.24) is 9.97 Å². The lowest BCUT2D eigenvalue weighted by Gasteiger charge is -2.11. The number of ether oxygens (including phenoxy) is 1. The Morgan fingerprint density at radius 1 is 1.00 bits per heavy atom. The van der Waals surface area contributed by atoms with Crippen LogP contribution >= 0.6 is 11.3 Å². The Morgan fingerprint density at radius 3 is 2.66 bits per heavy atom. The quantitative estimate of drug-likeness (QED) is 0.482. The normalized spacial score (nSPS) is 10.5. The lowest BCUT2D eigenvalue weighted by atomic mass is 10.0. The number of aromatic nitrogens is 2. The SMILES string of the molecule is O=C(COc1ccccc1Cc1ccccc1)Nc1nc(-c2cccnc2)cs1. The molecule has 144 valence electrons. The summed E-state index contributed by atoms with van der Waals surface area (Å²) in [7, 11) is 0. The van der Waals surface area contributed by atoms with E-state index >= 15 is 0 Å². The summed E-state index contributed by atoms with van der Waals surface area (Å²) in [5, 5.41) is 5.22.